The van der Waals surface area contributed by atoms with E-state index in [1.807, 2.05) is 0 Å². The summed E-state index contributed by atoms with van der Waals surface area (Å²) in [7, 11) is 0. The summed E-state index contributed by atoms with van der Waals surface area (Å²) in [6, 6.07) is 14.9. The SMILES string of the molecule is CCn1c(CNc2ccc(C)cc2)nc2cc(C)ccc21. The Bertz CT molecular complexity index is 754. The molecule has 0 fully saturated rings. The smallest absolute Gasteiger partial charge is 0.129 e. The predicted octanol–water partition coefficient (Wildman–Crippen LogP) is 4.29. The fourth-order valence-electron chi connectivity index (χ4n) is 2.63. The third-order valence-electron chi connectivity index (χ3n) is 3.80. The lowest BCUT2D eigenvalue weighted by atomic mass is 10.2. The molecule has 3 aromatic rings. The normalized spacial score (nSPS) is 11.0. The monoisotopic (exact) mass is 279 g/mol. The second-order valence-corrected chi connectivity index (χ2v) is 5.48. The van der Waals surface area contributed by atoms with Gasteiger partial charge in [0.25, 0.3) is 0 Å². The average molecular weight is 279 g/mol. The lowest BCUT2D eigenvalue weighted by molar-refractivity contribution is 0.729. The van der Waals surface area contributed by atoms with Crippen LogP contribution in [-0.2, 0) is 13.1 Å². The number of aromatic nitrogens is 2. The van der Waals surface area contributed by atoms with Crippen LogP contribution in [0.2, 0.25) is 0 Å². The molecule has 1 N–H and O–H groups in total. The zero-order valence-electron chi connectivity index (χ0n) is 12.9. The standard InChI is InChI=1S/C18H21N3/c1-4-21-17-10-7-14(3)11-16(17)20-18(21)12-19-15-8-5-13(2)6-9-15/h5-11,19H,4,12H2,1-3H3. The molecule has 0 aliphatic rings. The largest absolute Gasteiger partial charge is 0.378 e. The molecule has 1 aromatic heterocycles. The predicted molar refractivity (Wildman–Crippen MR) is 88.6 cm³/mol. The van der Waals surface area contributed by atoms with Gasteiger partial charge in [-0.1, -0.05) is 23.8 Å². The maximum Gasteiger partial charge on any atom is 0.129 e. The highest BCUT2D eigenvalue weighted by molar-refractivity contribution is 5.77. The minimum absolute atomic E-state index is 0.741. The van der Waals surface area contributed by atoms with E-state index in [-0.39, 0.29) is 0 Å². The average Bonchev–Trinajstić information content (AvgIpc) is 2.83. The first kappa shape index (κ1) is 13.7. The van der Waals surface area contributed by atoms with Gasteiger partial charge in [-0.15, -0.1) is 0 Å². The molecule has 0 aliphatic heterocycles. The van der Waals surface area contributed by atoms with Gasteiger partial charge in [0.2, 0.25) is 0 Å². The van der Waals surface area contributed by atoms with Crippen LogP contribution in [0, 0.1) is 13.8 Å². The number of imidazole rings is 1. The van der Waals surface area contributed by atoms with Crippen molar-refractivity contribution < 1.29 is 0 Å². The van der Waals surface area contributed by atoms with E-state index < -0.39 is 0 Å². The first-order valence-corrected chi connectivity index (χ1v) is 7.43. The second-order valence-electron chi connectivity index (χ2n) is 5.48. The molecule has 0 aliphatic carbocycles. The van der Waals surface area contributed by atoms with Gasteiger partial charge < -0.3 is 9.88 Å². The van der Waals surface area contributed by atoms with Gasteiger partial charge in [-0.25, -0.2) is 4.98 Å². The van der Waals surface area contributed by atoms with Crippen molar-refractivity contribution in [3.8, 4) is 0 Å². The molecule has 0 unspecified atom stereocenters. The molecule has 0 bridgehead atoms. The van der Waals surface area contributed by atoms with Crippen molar-refractivity contribution in [2.24, 2.45) is 0 Å². The molecule has 108 valence electrons. The van der Waals surface area contributed by atoms with Crippen LogP contribution < -0.4 is 5.32 Å². The molecule has 0 spiro atoms. The van der Waals surface area contributed by atoms with Crippen molar-refractivity contribution in [3.05, 3.63) is 59.4 Å². The number of benzene rings is 2. The summed E-state index contributed by atoms with van der Waals surface area (Å²) in [6.07, 6.45) is 0. The Hall–Kier alpha value is -2.29. The van der Waals surface area contributed by atoms with E-state index in [4.69, 9.17) is 4.98 Å². The maximum atomic E-state index is 4.78. The summed E-state index contributed by atoms with van der Waals surface area (Å²) in [4.78, 5) is 4.78. The number of aryl methyl sites for hydroxylation is 3. The molecule has 0 amide bonds. The zero-order chi connectivity index (χ0) is 14.8. The van der Waals surface area contributed by atoms with E-state index in [0.717, 1.165) is 30.1 Å². The molecule has 3 heteroatoms. The summed E-state index contributed by atoms with van der Waals surface area (Å²) in [5.41, 5.74) is 5.95. The van der Waals surface area contributed by atoms with Gasteiger partial charge in [0.05, 0.1) is 17.6 Å². The summed E-state index contributed by atoms with van der Waals surface area (Å²) in [5.74, 6) is 1.08. The minimum Gasteiger partial charge on any atom is -0.378 e. The molecule has 3 nitrogen and oxygen atoms in total. The molecule has 0 radical (unpaired) electrons. The minimum atomic E-state index is 0.741. The van der Waals surface area contributed by atoms with E-state index in [2.05, 4.69) is 73.1 Å². The fourth-order valence-corrected chi connectivity index (χ4v) is 2.63. The molecule has 1 heterocycles. The Labute approximate surface area is 125 Å². The van der Waals surface area contributed by atoms with Crippen LogP contribution in [0.15, 0.2) is 42.5 Å². The molecular weight excluding hydrogens is 258 g/mol. The van der Waals surface area contributed by atoms with Crippen molar-refractivity contribution >= 4 is 16.7 Å². The van der Waals surface area contributed by atoms with Crippen LogP contribution in [-0.4, -0.2) is 9.55 Å². The third-order valence-corrected chi connectivity index (χ3v) is 3.80. The summed E-state index contributed by atoms with van der Waals surface area (Å²) < 4.78 is 2.27. The van der Waals surface area contributed by atoms with Gasteiger partial charge in [-0.05, 0) is 50.6 Å². The summed E-state index contributed by atoms with van der Waals surface area (Å²) in [6.45, 7) is 8.04. The highest BCUT2D eigenvalue weighted by Crippen LogP contribution is 2.19. The van der Waals surface area contributed by atoms with Crippen molar-refractivity contribution in [3.63, 3.8) is 0 Å². The fraction of sp³-hybridized carbons (Fsp3) is 0.278. The van der Waals surface area contributed by atoms with Crippen molar-refractivity contribution in [2.75, 3.05) is 5.32 Å². The number of anilines is 1. The van der Waals surface area contributed by atoms with Gasteiger partial charge in [0, 0.05) is 12.2 Å². The molecular formula is C18H21N3. The zero-order valence-corrected chi connectivity index (χ0v) is 12.9. The number of rotatable bonds is 4. The number of fused-ring (bicyclic) bond motifs is 1. The topological polar surface area (TPSA) is 29.9 Å². The third kappa shape index (κ3) is 2.77. The van der Waals surface area contributed by atoms with Crippen LogP contribution in [0.4, 0.5) is 5.69 Å². The Morgan fingerprint density at radius 2 is 1.71 bits per heavy atom. The number of nitrogens with zero attached hydrogens (tertiary/aromatic N) is 2. The Morgan fingerprint density at radius 3 is 2.43 bits per heavy atom. The first-order chi connectivity index (χ1) is 10.2. The van der Waals surface area contributed by atoms with Crippen molar-refractivity contribution in [1.82, 2.24) is 9.55 Å². The molecule has 2 aromatic carbocycles. The van der Waals surface area contributed by atoms with Crippen LogP contribution in [0.3, 0.4) is 0 Å². The maximum absolute atomic E-state index is 4.78. The van der Waals surface area contributed by atoms with E-state index in [1.165, 1.54) is 16.6 Å². The molecule has 3 rings (SSSR count). The summed E-state index contributed by atoms with van der Waals surface area (Å²) >= 11 is 0. The number of hydrogen-bond acceptors (Lipinski definition) is 2. The lowest BCUT2D eigenvalue weighted by Crippen LogP contribution is -2.07. The quantitative estimate of drug-likeness (QED) is 0.772. The van der Waals surface area contributed by atoms with Crippen LogP contribution >= 0.6 is 0 Å². The van der Waals surface area contributed by atoms with E-state index in [9.17, 15) is 0 Å². The number of hydrogen-bond donors (Lipinski definition) is 1. The van der Waals surface area contributed by atoms with E-state index >= 15 is 0 Å². The summed E-state index contributed by atoms with van der Waals surface area (Å²) in [5, 5.41) is 3.46. The van der Waals surface area contributed by atoms with E-state index in [1.54, 1.807) is 0 Å². The van der Waals surface area contributed by atoms with Crippen molar-refractivity contribution in [1.29, 1.82) is 0 Å². The molecule has 21 heavy (non-hydrogen) atoms. The van der Waals surface area contributed by atoms with Crippen molar-refractivity contribution in [2.45, 2.75) is 33.9 Å². The van der Waals surface area contributed by atoms with Crippen LogP contribution in [0.25, 0.3) is 11.0 Å². The first-order valence-electron chi connectivity index (χ1n) is 7.43. The highest BCUT2D eigenvalue weighted by Gasteiger charge is 2.09. The van der Waals surface area contributed by atoms with Gasteiger partial charge in [0.15, 0.2) is 0 Å². The van der Waals surface area contributed by atoms with Gasteiger partial charge >= 0.3 is 0 Å². The Morgan fingerprint density at radius 1 is 1.00 bits per heavy atom. The van der Waals surface area contributed by atoms with Gasteiger partial charge in [-0.2, -0.15) is 0 Å². The van der Waals surface area contributed by atoms with Crippen LogP contribution in [0.5, 0.6) is 0 Å². The molecule has 0 saturated heterocycles. The lowest BCUT2D eigenvalue weighted by Gasteiger charge is -2.09. The van der Waals surface area contributed by atoms with Crippen LogP contribution in [0.1, 0.15) is 23.9 Å². The van der Waals surface area contributed by atoms with Gasteiger partial charge in [0.1, 0.15) is 5.82 Å². The number of nitrogens with one attached hydrogen (secondary N) is 1. The molecule has 0 atom stereocenters. The molecule has 0 saturated carbocycles. The van der Waals surface area contributed by atoms with Gasteiger partial charge in [-0.3, -0.25) is 0 Å². The second kappa shape index (κ2) is 5.60. The Balaban J connectivity index is 1.87. The Kier molecular flexibility index (Phi) is 3.65. The highest BCUT2D eigenvalue weighted by atomic mass is 15.1. The van der Waals surface area contributed by atoms with E-state index in [0.29, 0.717) is 0 Å².